The van der Waals surface area contributed by atoms with Gasteiger partial charge in [-0.3, -0.25) is 9.69 Å². The lowest BCUT2D eigenvalue weighted by atomic mass is 9.91. The van der Waals surface area contributed by atoms with Gasteiger partial charge in [-0.15, -0.1) is 0 Å². The molecular formula is C17H23NO2S. The Balaban J connectivity index is 2.33. The van der Waals surface area contributed by atoms with E-state index in [1.807, 2.05) is 44.2 Å². The van der Waals surface area contributed by atoms with Crippen LogP contribution in [0.1, 0.15) is 52.1 Å². The Morgan fingerprint density at radius 3 is 2.57 bits per heavy atom. The van der Waals surface area contributed by atoms with Gasteiger partial charge in [0.05, 0.1) is 0 Å². The molecule has 0 N–H and O–H groups in total. The van der Waals surface area contributed by atoms with Gasteiger partial charge < -0.3 is 4.74 Å². The van der Waals surface area contributed by atoms with Crippen LogP contribution in [0.15, 0.2) is 30.3 Å². The van der Waals surface area contributed by atoms with E-state index in [4.69, 9.17) is 17.0 Å². The van der Waals surface area contributed by atoms with E-state index in [9.17, 15) is 4.79 Å². The maximum atomic E-state index is 12.7. The minimum Gasteiger partial charge on any atom is -0.462 e. The molecule has 21 heavy (non-hydrogen) atoms. The molecule has 1 aromatic carbocycles. The normalized spacial score (nSPS) is 22.0. The van der Waals surface area contributed by atoms with Gasteiger partial charge in [-0.1, -0.05) is 50.6 Å². The number of hydrogen-bond donors (Lipinski definition) is 0. The van der Waals surface area contributed by atoms with Crippen molar-refractivity contribution in [2.24, 2.45) is 5.92 Å². The summed E-state index contributed by atoms with van der Waals surface area (Å²) >= 11 is 5.31. The predicted octanol–water partition coefficient (Wildman–Crippen LogP) is 4.09. The SMILES string of the molecule is CC[C@H](C)CC(=O)N1C(=S)OC(C)(C)[C@H]1c1ccccc1. The summed E-state index contributed by atoms with van der Waals surface area (Å²) in [6.07, 6.45) is 1.48. The number of amides is 1. The van der Waals surface area contributed by atoms with Gasteiger partial charge in [0.2, 0.25) is 5.91 Å². The molecule has 1 saturated heterocycles. The highest BCUT2D eigenvalue weighted by atomic mass is 32.1. The molecule has 3 nitrogen and oxygen atoms in total. The van der Waals surface area contributed by atoms with Gasteiger partial charge in [0, 0.05) is 6.42 Å². The smallest absolute Gasteiger partial charge is 0.267 e. The zero-order valence-electron chi connectivity index (χ0n) is 13.1. The van der Waals surface area contributed by atoms with Crippen molar-refractivity contribution in [3.8, 4) is 0 Å². The molecule has 2 atom stereocenters. The molecule has 1 fully saturated rings. The Bertz CT molecular complexity index is 527. The maximum Gasteiger partial charge on any atom is 0.267 e. The third-order valence-corrected chi connectivity index (χ3v) is 4.35. The number of carbonyl (C=O) groups excluding carboxylic acids is 1. The van der Waals surface area contributed by atoms with Crippen molar-refractivity contribution in [2.75, 3.05) is 0 Å². The number of thiocarbonyl (C=S) groups is 1. The highest BCUT2D eigenvalue weighted by Gasteiger charge is 2.49. The molecule has 0 saturated carbocycles. The van der Waals surface area contributed by atoms with E-state index in [2.05, 4.69) is 13.8 Å². The second kappa shape index (κ2) is 6.14. The van der Waals surface area contributed by atoms with Crippen molar-refractivity contribution in [2.45, 2.75) is 52.2 Å². The molecule has 2 rings (SSSR count). The summed E-state index contributed by atoms with van der Waals surface area (Å²) in [4.78, 5) is 14.3. The van der Waals surface area contributed by atoms with E-state index in [0.29, 0.717) is 17.5 Å². The standard InChI is InChI=1S/C17H23NO2S/c1-5-12(2)11-14(19)18-15(13-9-7-6-8-10-13)17(3,4)20-16(18)21/h6-10,12,15H,5,11H2,1-4H3/t12-,15+/m0/s1. The van der Waals surface area contributed by atoms with E-state index >= 15 is 0 Å². The van der Waals surface area contributed by atoms with E-state index in [1.165, 1.54) is 0 Å². The van der Waals surface area contributed by atoms with Crippen molar-refractivity contribution in [3.63, 3.8) is 0 Å². The Labute approximate surface area is 132 Å². The number of carbonyl (C=O) groups is 1. The van der Waals surface area contributed by atoms with Gasteiger partial charge in [0.15, 0.2) is 0 Å². The largest absolute Gasteiger partial charge is 0.462 e. The minimum atomic E-state index is -0.510. The second-order valence-electron chi connectivity index (χ2n) is 6.27. The molecule has 1 aliphatic heterocycles. The third kappa shape index (κ3) is 3.26. The molecule has 4 heteroatoms. The van der Waals surface area contributed by atoms with Gasteiger partial charge in [0.25, 0.3) is 5.17 Å². The average Bonchev–Trinajstić information content (AvgIpc) is 2.68. The highest BCUT2D eigenvalue weighted by molar-refractivity contribution is 7.80. The number of benzene rings is 1. The first kappa shape index (κ1) is 16.0. The molecule has 0 bridgehead atoms. The average molecular weight is 305 g/mol. The number of nitrogens with zero attached hydrogens (tertiary/aromatic N) is 1. The van der Waals surface area contributed by atoms with E-state index in [-0.39, 0.29) is 11.9 Å². The van der Waals surface area contributed by atoms with Crippen LogP contribution in [0.4, 0.5) is 0 Å². The number of ether oxygens (including phenoxy) is 1. The fraction of sp³-hybridized carbons (Fsp3) is 0.529. The molecule has 0 aromatic heterocycles. The topological polar surface area (TPSA) is 29.5 Å². The van der Waals surface area contributed by atoms with Crippen LogP contribution in [-0.2, 0) is 9.53 Å². The van der Waals surface area contributed by atoms with E-state index < -0.39 is 5.60 Å². The summed E-state index contributed by atoms with van der Waals surface area (Å²) < 4.78 is 5.80. The van der Waals surface area contributed by atoms with Crippen LogP contribution in [0.2, 0.25) is 0 Å². The molecule has 1 amide bonds. The fourth-order valence-electron chi connectivity index (χ4n) is 2.72. The van der Waals surface area contributed by atoms with Gasteiger partial charge >= 0.3 is 0 Å². The lowest BCUT2D eigenvalue weighted by Crippen LogP contribution is -2.38. The summed E-state index contributed by atoms with van der Waals surface area (Å²) in [5, 5.41) is 0.294. The molecule has 0 radical (unpaired) electrons. The molecule has 1 aliphatic rings. The first-order valence-electron chi connectivity index (χ1n) is 7.46. The fourth-order valence-corrected chi connectivity index (χ4v) is 3.14. The van der Waals surface area contributed by atoms with Crippen molar-refractivity contribution in [3.05, 3.63) is 35.9 Å². The lowest BCUT2D eigenvalue weighted by molar-refractivity contribution is -0.130. The summed E-state index contributed by atoms with van der Waals surface area (Å²) in [5.41, 5.74) is 0.545. The predicted molar refractivity (Wildman–Crippen MR) is 87.9 cm³/mol. The van der Waals surface area contributed by atoms with Gasteiger partial charge in [-0.05, 0) is 37.5 Å². The minimum absolute atomic E-state index is 0.0498. The molecule has 1 heterocycles. The first-order chi connectivity index (χ1) is 9.86. The summed E-state index contributed by atoms with van der Waals surface area (Å²) in [6.45, 7) is 8.14. The van der Waals surface area contributed by atoms with Crippen molar-refractivity contribution in [1.82, 2.24) is 4.90 Å². The Hall–Kier alpha value is -1.42. The van der Waals surface area contributed by atoms with Gasteiger partial charge in [-0.2, -0.15) is 0 Å². The van der Waals surface area contributed by atoms with Crippen LogP contribution in [0.25, 0.3) is 0 Å². The molecular weight excluding hydrogens is 282 g/mol. The lowest BCUT2D eigenvalue weighted by Gasteiger charge is -2.29. The molecule has 0 unspecified atom stereocenters. The zero-order chi connectivity index (χ0) is 15.6. The van der Waals surface area contributed by atoms with Crippen molar-refractivity contribution >= 4 is 23.3 Å². The van der Waals surface area contributed by atoms with E-state index in [1.54, 1.807) is 4.90 Å². The summed E-state index contributed by atoms with van der Waals surface area (Å²) in [5.74, 6) is 0.397. The summed E-state index contributed by atoms with van der Waals surface area (Å²) in [7, 11) is 0. The number of rotatable bonds is 4. The monoisotopic (exact) mass is 305 g/mol. The molecule has 114 valence electrons. The van der Waals surface area contributed by atoms with Crippen LogP contribution >= 0.6 is 12.2 Å². The van der Waals surface area contributed by atoms with Gasteiger partial charge in [-0.25, -0.2) is 0 Å². The Morgan fingerprint density at radius 1 is 1.38 bits per heavy atom. The van der Waals surface area contributed by atoms with Crippen LogP contribution in [0.3, 0.4) is 0 Å². The van der Waals surface area contributed by atoms with Crippen LogP contribution in [0, 0.1) is 5.92 Å². The zero-order valence-corrected chi connectivity index (χ0v) is 13.9. The van der Waals surface area contributed by atoms with Crippen molar-refractivity contribution < 1.29 is 9.53 Å². The first-order valence-corrected chi connectivity index (χ1v) is 7.87. The van der Waals surface area contributed by atoms with Gasteiger partial charge in [0.1, 0.15) is 11.6 Å². The second-order valence-corrected chi connectivity index (χ2v) is 6.62. The number of hydrogen-bond acceptors (Lipinski definition) is 3. The quantitative estimate of drug-likeness (QED) is 0.785. The van der Waals surface area contributed by atoms with Crippen LogP contribution in [0.5, 0.6) is 0 Å². The summed E-state index contributed by atoms with van der Waals surface area (Å²) in [6, 6.07) is 9.80. The Kier molecular flexibility index (Phi) is 4.67. The van der Waals surface area contributed by atoms with Crippen LogP contribution < -0.4 is 0 Å². The Morgan fingerprint density at radius 2 is 2.00 bits per heavy atom. The van der Waals surface area contributed by atoms with E-state index in [0.717, 1.165) is 12.0 Å². The van der Waals surface area contributed by atoms with Crippen LogP contribution in [-0.4, -0.2) is 21.6 Å². The molecule has 1 aromatic rings. The third-order valence-electron chi connectivity index (χ3n) is 4.07. The maximum absolute atomic E-state index is 12.7. The molecule has 0 aliphatic carbocycles. The molecule has 0 spiro atoms. The van der Waals surface area contributed by atoms with Crippen molar-refractivity contribution in [1.29, 1.82) is 0 Å². The highest BCUT2D eigenvalue weighted by Crippen LogP contribution is 2.41.